The molecule has 1 heterocycles. The number of nitrogens with one attached hydrogen (secondary N) is 2. The molecule has 72 valence electrons. The fourth-order valence-corrected chi connectivity index (χ4v) is 1.67. The van der Waals surface area contributed by atoms with Crippen LogP contribution in [0.4, 0.5) is 0 Å². The van der Waals surface area contributed by atoms with Gasteiger partial charge in [-0.15, -0.1) is 0 Å². The van der Waals surface area contributed by atoms with Crippen LogP contribution in [-0.4, -0.2) is 40.2 Å². The van der Waals surface area contributed by atoms with Crippen molar-refractivity contribution < 1.29 is 8.76 Å². The molecule has 4 nitrogen and oxygen atoms in total. The normalized spacial score (nSPS) is 25.9. The highest BCUT2D eigenvalue weighted by atomic mass is 32.2. The van der Waals surface area contributed by atoms with Crippen LogP contribution in [0.3, 0.4) is 0 Å². The third-order valence-corrected chi connectivity index (χ3v) is 2.54. The van der Waals surface area contributed by atoms with E-state index in [0.29, 0.717) is 12.6 Å². The topological polar surface area (TPSA) is 64.2 Å². The van der Waals surface area contributed by atoms with Crippen molar-refractivity contribution in [3.05, 3.63) is 0 Å². The molecule has 0 aromatic carbocycles. The van der Waals surface area contributed by atoms with Crippen LogP contribution in [-0.2, 0) is 11.1 Å². The lowest BCUT2D eigenvalue weighted by Gasteiger charge is -2.11. The molecule has 0 saturated carbocycles. The van der Waals surface area contributed by atoms with Gasteiger partial charge in [0.05, 0.1) is 0 Å². The highest BCUT2D eigenvalue weighted by molar-refractivity contribution is 7.79. The first-order chi connectivity index (χ1) is 5.79. The summed E-state index contributed by atoms with van der Waals surface area (Å²) in [5, 5.41) is 6.43. The Bertz CT molecular complexity index is 148. The van der Waals surface area contributed by atoms with E-state index in [9.17, 15) is 8.76 Å². The summed E-state index contributed by atoms with van der Waals surface area (Å²) in [6.45, 7) is 2.55. The van der Waals surface area contributed by atoms with Crippen molar-refractivity contribution >= 4 is 11.1 Å². The average molecular weight is 191 g/mol. The van der Waals surface area contributed by atoms with Gasteiger partial charge < -0.3 is 15.2 Å². The van der Waals surface area contributed by atoms with Crippen LogP contribution in [0.15, 0.2) is 0 Å². The van der Waals surface area contributed by atoms with Crippen LogP contribution in [0, 0.1) is 0 Å². The Labute approximate surface area is 75.4 Å². The lowest BCUT2D eigenvalue weighted by Crippen LogP contribution is -2.35. The summed E-state index contributed by atoms with van der Waals surface area (Å²) < 4.78 is 20.3. The van der Waals surface area contributed by atoms with E-state index in [4.69, 9.17) is 0 Å². The monoisotopic (exact) mass is 191 g/mol. The molecule has 0 spiro atoms. The van der Waals surface area contributed by atoms with E-state index in [0.717, 1.165) is 13.1 Å². The van der Waals surface area contributed by atoms with Crippen LogP contribution >= 0.6 is 0 Å². The second kappa shape index (κ2) is 5.64. The maximum atomic E-state index is 10.1. The quantitative estimate of drug-likeness (QED) is 0.441. The van der Waals surface area contributed by atoms with Crippen LogP contribution in [0.1, 0.15) is 12.8 Å². The van der Waals surface area contributed by atoms with Gasteiger partial charge >= 0.3 is 0 Å². The average Bonchev–Trinajstić information content (AvgIpc) is 2.49. The Hall–Kier alpha value is 0.0300. The van der Waals surface area contributed by atoms with Gasteiger partial charge in [-0.2, -0.15) is 0 Å². The Balaban J connectivity index is 1.91. The van der Waals surface area contributed by atoms with Gasteiger partial charge in [-0.1, -0.05) is 11.1 Å². The van der Waals surface area contributed by atoms with E-state index >= 15 is 0 Å². The maximum absolute atomic E-state index is 10.1. The molecule has 2 unspecified atom stereocenters. The zero-order valence-electron chi connectivity index (χ0n) is 7.04. The van der Waals surface area contributed by atoms with Gasteiger partial charge in [0.2, 0.25) is 0 Å². The van der Waals surface area contributed by atoms with Gasteiger partial charge in [0, 0.05) is 24.9 Å². The third-order valence-electron chi connectivity index (χ3n) is 2.00. The van der Waals surface area contributed by atoms with Crippen molar-refractivity contribution in [2.45, 2.75) is 18.9 Å². The van der Waals surface area contributed by atoms with E-state index in [-0.39, 0.29) is 5.75 Å². The molecule has 0 amide bonds. The van der Waals surface area contributed by atoms with Crippen LogP contribution in [0.25, 0.3) is 0 Å². The molecule has 0 aromatic heterocycles. The van der Waals surface area contributed by atoms with Gasteiger partial charge in [-0.25, -0.2) is 0 Å². The van der Waals surface area contributed by atoms with Crippen molar-refractivity contribution in [1.82, 2.24) is 10.6 Å². The van der Waals surface area contributed by atoms with Gasteiger partial charge in [0.25, 0.3) is 0 Å². The van der Waals surface area contributed by atoms with Gasteiger partial charge in [0.15, 0.2) is 0 Å². The standard InChI is InChI=1S/C7H16N2O2S/c10-12(11)5-4-8-6-7-2-1-3-9-7/h7-9H,1-6H2,(H,10,11)/p-1. The first kappa shape index (κ1) is 10.1. The van der Waals surface area contributed by atoms with Crippen molar-refractivity contribution in [3.63, 3.8) is 0 Å². The summed E-state index contributed by atoms with van der Waals surface area (Å²) in [5.74, 6) is 0.215. The predicted molar refractivity (Wildman–Crippen MR) is 47.7 cm³/mol. The molecule has 0 aromatic rings. The summed E-state index contributed by atoms with van der Waals surface area (Å²) in [6.07, 6.45) is 2.44. The molecule has 0 radical (unpaired) electrons. The Morgan fingerprint density at radius 2 is 2.50 bits per heavy atom. The third kappa shape index (κ3) is 4.15. The second-order valence-electron chi connectivity index (χ2n) is 3.01. The van der Waals surface area contributed by atoms with Crippen molar-refractivity contribution in [2.24, 2.45) is 0 Å². The Morgan fingerprint density at radius 3 is 3.08 bits per heavy atom. The van der Waals surface area contributed by atoms with E-state index < -0.39 is 11.1 Å². The molecule has 1 rings (SSSR count). The largest absolute Gasteiger partial charge is 0.772 e. The van der Waals surface area contributed by atoms with E-state index in [2.05, 4.69) is 10.6 Å². The summed E-state index contributed by atoms with van der Waals surface area (Å²) in [5.41, 5.74) is 0. The molecule has 5 heteroatoms. The van der Waals surface area contributed by atoms with E-state index in [1.165, 1.54) is 12.8 Å². The van der Waals surface area contributed by atoms with Crippen LogP contribution < -0.4 is 10.6 Å². The molecule has 2 N–H and O–H groups in total. The van der Waals surface area contributed by atoms with Gasteiger partial charge in [0.1, 0.15) is 0 Å². The van der Waals surface area contributed by atoms with Crippen LogP contribution in [0.2, 0.25) is 0 Å². The molecular weight excluding hydrogens is 176 g/mol. The minimum Gasteiger partial charge on any atom is -0.772 e. The summed E-state index contributed by atoms with van der Waals surface area (Å²) in [6, 6.07) is 0.546. The van der Waals surface area contributed by atoms with Crippen molar-refractivity contribution in [2.75, 3.05) is 25.4 Å². The number of rotatable bonds is 5. The molecule has 1 saturated heterocycles. The fraction of sp³-hybridized carbons (Fsp3) is 1.00. The summed E-state index contributed by atoms with van der Waals surface area (Å²) in [4.78, 5) is 0. The zero-order chi connectivity index (χ0) is 8.81. The molecular formula is C7H15N2O2S-. The van der Waals surface area contributed by atoms with Gasteiger partial charge in [-0.05, 0) is 19.4 Å². The number of hydrogen-bond acceptors (Lipinski definition) is 4. The lowest BCUT2D eigenvalue weighted by molar-refractivity contribution is 0.522. The first-order valence-electron chi connectivity index (χ1n) is 4.29. The molecule has 1 fully saturated rings. The smallest absolute Gasteiger partial charge is 0.0227 e. The van der Waals surface area contributed by atoms with Crippen molar-refractivity contribution in [3.8, 4) is 0 Å². The fourth-order valence-electron chi connectivity index (χ4n) is 1.36. The lowest BCUT2D eigenvalue weighted by atomic mass is 10.2. The highest BCUT2D eigenvalue weighted by Crippen LogP contribution is 2.02. The molecule has 0 bridgehead atoms. The summed E-state index contributed by atoms with van der Waals surface area (Å²) in [7, 11) is 0. The number of hydrogen-bond donors (Lipinski definition) is 2. The second-order valence-corrected chi connectivity index (χ2v) is 4.02. The molecule has 1 aliphatic heterocycles. The Kier molecular flexibility index (Phi) is 4.75. The minimum absolute atomic E-state index is 0.215. The SMILES string of the molecule is O=S([O-])CCNCC1CCCN1. The van der Waals surface area contributed by atoms with Gasteiger partial charge in [-0.3, -0.25) is 4.21 Å². The zero-order valence-corrected chi connectivity index (χ0v) is 7.86. The minimum atomic E-state index is -1.90. The molecule has 1 aliphatic rings. The summed E-state index contributed by atoms with van der Waals surface area (Å²) >= 11 is -1.90. The van der Waals surface area contributed by atoms with Crippen molar-refractivity contribution in [1.29, 1.82) is 0 Å². The van der Waals surface area contributed by atoms with Crippen LogP contribution in [0.5, 0.6) is 0 Å². The molecule has 2 atom stereocenters. The van der Waals surface area contributed by atoms with E-state index in [1.807, 2.05) is 0 Å². The highest BCUT2D eigenvalue weighted by Gasteiger charge is 2.12. The maximum Gasteiger partial charge on any atom is 0.0227 e. The Morgan fingerprint density at radius 1 is 1.67 bits per heavy atom. The predicted octanol–water partition coefficient (Wildman–Crippen LogP) is -0.793. The molecule has 12 heavy (non-hydrogen) atoms. The van der Waals surface area contributed by atoms with E-state index in [1.54, 1.807) is 0 Å². The molecule has 0 aliphatic carbocycles. The first-order valence-corrected chi connectivity index (χ1v) is 5.53.